The van der Waals surface area contributed by atoms with Gasteiger partial charge in [0.1, 0.15) is 11.5 Å². The second-order valence-corrected chi connectivity index (χ2v) is 9.93. The zero-order valence-corrected chi connectivity index (χ0v) is 24.3. The average molecular weight is 652 g/mol. The van der Waals surface area contributed by atoms with Crippen molar-refractivity contribution in [2.75, 3.05) is 0 Å². The molecule has 0 aliphatic carbocycles. The normalized spacial score (nSPS) is 11.6. The number of carbonyl (C=O) groups excluding carboxylic acids is 1. The Bertz CT molecular complexity index is 1790. The largest absolute Gasteiger partial charge is 0.428 e. The van der Waals surface area contributed by atoms with Gasteiger partial charge in [0.2, 0.25) is 0 Å². The Balaban J connectivity index is 1.89. The molecule has 6 nitrogen and oxygen atoms in total. The number of nitro groups is 1. The van der Waals surface area contributed by atoms with Gasteiger partial charge in [0, 0.05) is 28.7 Å². The first kappa shape index (κ1) is 34.0. The van der Waals surface area contributed by atoms with Crippen molar-refractivity contribution in [1.82, 2.24) is 0 Å². The fourth-order valence-electron chi connectivity index (χ4n) is 4.65. The summed E-state index contributed by atoms with van der Waals surface area (Å²) in [5.74, 6) is -0.971. The van der Waals surface area contributed by atoms with Gasteiger partial charge in [-0.05, 0) is 60.0 Å². The van der Waals surface area contributed by atoms with Crippen molar-refractivity contribution in [2.45, 2.75) is 12.3 Å². The molecule has 0 aliphatic rings. The number of nitro benzene ring substituents is 1. The van der Waals surface area contributed by atoms with Crippen LogP contribution < -0.4 is 9.47 Å². The molecule has 4 aromatic carbocycles. The topological polar surface area (TPSA) is 78.7 Å². The Hall–Kier alpha value is -5.91. The Kier molecular flexibility index (Phi) is 10.8. The zero-order chi connectivity index (χ0) is 34.1. The first-order valence-electron chi connectivity index (χ1n) is 13.6. The predicted octanol–water partition coefficient (Wildman–Crippen LogP) is 10.3. The second kappa shape index (κ2) is 14.9. The number of non-ortho nitro benzene ring substituents is 1. The Morgan fingerprint density at radius 3 is 1.60 bits per heavy atom. The number of benzene rings is 4. The van der Waals surface area contributed by atoms with Crippen molar-refractivity contribution in [1.29, 1.82) is 0 Å². The first-order valence-corrected chi connectivity index (χ1v) is 13.6. The number of carbonyl (C=O) groups is 1. The molecule has 0 aliphatic heterocycles. The van der Waals surface area contributed by atoms with Crippen LogP contribution in [0.5, 0.6) is 11.5 Å². The number of Topliss-reactive ketones (excluding diaryl/α,β-unsaturated/α-hetero) is 1. The third-order valence-electron chi connectivity index (χ3n) is 7.05. The molecule has 0 amide bonds. The third-order valence-corrected chi connectivity index (χ3v) is 7.05. The molecule has 0 atom stereocenters. The summed E-state index contributed by atoms with van der Waals surface area (Å²) in [6, 6.07) is 20.3. The lowest BCUT2D eigenvalue weighted by atomic mass is 9.68. The molecule has 0 aromatic heterocycles. The minimum atomic E-state index is -2.65. The van der Waals surface area contributed by atoms with E-state index in [0.29, 0.717) is 22.3 Å². The molecule has 0 unspecified atom stereocenters. The van der Waals surface area contributed by atoms with E-state index in [9.17, 15) is 41.3 Å². The number of halogens is 6. The van der Waals surface area contributed by atoms with Crippen LogP contribution in [0.2, 0.25) is 0 Å². The minimum Gasteiger partial charge on any atom is -0.428 e. The van der Waals surface area contributed by atoms with Crippen molar-refractivity contribution in [2.24, 2.45) is 0 Å². The van der Waals surface area contributed by atoms with E-state index in [2.05, 4.69) is 9.47 Å². The lowest BCUT2D eigenvalue weighted by Gasteiger charge is -2.33. The minimum absolute atomic E-state index is 0.112. The standard InChI is InChI=1S/C35H23F6NO5/c1-35(24-12-18-27(19-13-24)46-33(40)31(36)37,25-14-20-28(21-15-25)47-34(41)32(38)39)29(30(43)23-7-3-2-4-8-23)9-5-6-22-10-16-26(17-11-22)42(44)45/h2-21H,1H3. The van der Waals surface area contributed by atoms with Gasteiger partial charge in [-0.1, -0.05) is 72.8 Å². The summed E-state index contributed by atoms with van der Waals surface area (Å²) in [4.78, 5) is 24.7. The van der Waals surface area contributed by atoms with E-state index in [1.165, 1.54) is 78.9 Å². The van der Waals surface area contributed by atoms with Gasteiger partial charge in [-0.2, -0.15) is 26.3 Å². The number of hydrogen-bond acceptors (Lipinski definition) is 5. The van der Waals surface area contributed by atoms with Crippen LogP contribution in [0.25, 0.3) is 6.08 Å². The lowest BCUT2D eigenvalue weighted by molar-refractivity contribution is -0.384. The van der Waals surface area contributed by atoms with Crippen molar-refractivity contribution in [3.63, 3.8) is 0 Å². The van der Waals surface area contributed by atoms with Crippen LogP contribution >= 0.6 is 0 Å². The quantitative estimate of drug-likeness (QED) is 0.0290. The van der Waals surface area contributed by atoms with Gasteiger partial charge in [-0.15, -0.1) is 0 Å². The molecular weight excluding hydrogens is 628 g/mol. The zero-order valence-electron chi connectivity index (χ0n) is 24.3. The molecule has 4 aromatic rings. The van der Waals surface area contributed by atoms with E-state index >= 15 is 0 Å². The van der Waals surface area contributed by atoms with Crippen LogP contribution in [0.15, 0.2) is 145 Å². The summed E-state index contributed by atoms with van der Waals surface area (Å²) in [5, 5.41) is 11.0. The molecule has 0 bridgehead atoms. The summed E-state index contributed by atoms with van der Waals surface area (Å²) in [6.07, 6.45) is -0.624. The van der Waals surface area contributed by atoms with Crippen LogP contribution in [0.3, 0.4) is 0 Å². The Morgan fingerprint density at radius 2 is 1.17 bits per heavy atom. The van der Waals surface area contributed by atoms with E-state index in [4.69, 9.17) is 0 Å². The molecule has 4 rings (SSSR count). The van der Waals surface area contributed by atoms with Crippen molar-refractivity contribution in [3.8, 4) is 11.5 Å². The molecule has 12 heteroatoms. The number of allylic oxidation sites excluding steroid dienone is 3. The first-order chi connectivity index (χ1) is 22.4. The summed E-state index contributed by atoms with van der Waals surface area (Å²) in [6.45, 7) is 1.66. The molecule has 0 saturated carbocycles. The Morgan fingerprint density at radius 1 is 0.702 bits per heavy atom. The van der Waals surface area contributed by atoms with Gasteiger partial charge in [-0.25, -0.2) is 0 Å². The number of nitrogens with zero attached hydrogens (tertiary/aromatic N) is 1. The molecular formula is C35H23F6NO5. The monoisotopic (exact) mass is 651 g/mol. The lowest BCUT2D eigenvalue weighted by Crippen LogP contribution is -2.31. The van der Waals surface area contributed by atoms with Crippen LogP contribution in [0.4, 0.5) is 32.0 Å². The highest BCUT2D eigenvalue weighted by atomic mass is 19.3. The number of ketones is 1. The van der Waals surface area contributed by atoms with E-state index in [-0.39, 0.29) is 22.8 Å². The SMILES string of the molecule is CC(C(=CC=Cc1ccc([N+](=O)[O-])cc1)C(=O)c1ccccc1)(c1ccc(OC(F)=C(F)F)cc1)c1ccc(OC(F)=C(F)F)cc1. The number of rotatable bonds is 12. The average Bonchev–Trinajstić information content (AvgIpc) is 3.07. The number of ether oxygens (including phenoxy) is 2. The van der Waals surface area contributed by atoms with Crippen molar-refractivity contribution >= 4 is 17.5 Å². The molecule has 0 spiro atoms. The van der Waals surface area contributed by atoms with Gasteiger partial charge in [0.25, 0.3) is 5.69 Å². The molecule has 47 heavy (non-hydrogen) atoms. The van der Waals surface area contributed by atoms with Gasteiger partial charge in [0.05, 0.1) is 4.92 Å². The van der Waals surface area contributed by atoms with Gasteiger partial charge in [-0.3, -0.25) is 14.9 Å². The van der Waals surface area contributed by atoms with Gasteiger partial charge in [0.15, 0.2) is 5.78 Å². The van der Waals surface area contributed by atoms with Gasteiger partial charge >= 0.3 is 24.2 Å². The molecule has 0 heterocycles. The van der Waals surface area contributed by atoms with Crippen LogP contribution in [0.1, 0.15) is 34.0 Å². The van der Waals surface area contributed by atoms with E-state index in [1.807, 2.05) is 0 Å². The van der Waals surface area contributed by atoms with Crippen molar-refractivity contribution < 1.29 is 45.5 Å². The van der Waals surface area contributed by atoms with E-state index < -0.39 is 40.3 Å². The van der Waals surface area contributed by atoms with E-state index in [0.717, 1.165) is 0 Å². The summed E-state index contributed by atoms with van der Waals surface area (Å²) in [7, 11) is 0. The highest BCUT2D eigenvalue weighted by Crippen LogP contribution is 2.42. The summed E-state index contributed by atoms with van der Waals surface area (Å²) >= 11 is 0. The molecule has 0 N–H and O–H groups in total. The van der Waals surface area contributed by atoms with Crippen molar-refractivity contribution in [3.05, 3.63) is 177 Å². The highest BCUT2D eigenvalue weighted by molar-refractivity contribution is 6.11. The smallest absolute Gasteiger partial charge is 0.344 e. The molecule has 0 radical (unpaired) electrons. The molecule has 0 fully saturated rings. The van der Waals surface area contributed by atoms with Gasteiger partial charge < -0.3 is 9.47 Å². The number of hydrogen-bond donors (Lipinski definition) is 0. The van der Waals surface area contributed by atoms with Crippen LogP contribution in [0, 0.1) is 10.1 Å². The van der Waals surface area contributed by atoms with Crippen LogP contribution in [-0.4, -0.2) is 10.7 Å². The fourth-order valence-corrected chi connectivity index (χ4v) is 4.65. The molecule has 240 valence electrons. The fraction of sp³-hybridized carbons (Fsp3) is 0.0571. The third kappa shape index (κ3) is 8.23. The van der Waals surface area contributed by atoms with Crippen LogP contribution in [-0.2, 0) is 5.41 Å². The summed E-state index contributed by atoms with van der Waals surface area (Å²) < 4.78 is 86.6. The van der Waals surface area contributed by atoms with E-state index in [1.54, 1.807) is 49.4 Å². The maximum Gasteiger partial charge on any atom is 0.344 e. The second-order valence-electron chi connectivity index (χ2n) is 9.93. The highest BCUT2D eigenvalue weighted by Gasteiger charge is 2.37. The maximum absolute atomic E-state index is 14.2. The Labute approximate surface area is 264 Å². The predicted molar refractivity (Wildman–Crippen MR) is 162 cm³/mol. The summed E-state index contributed by atoms with van der Waals surface area (Å²) in [5.41, 5.74) is 0.319. The maximum atomic E-state index is 14.2. The molecule has 0 saturated heterocycles.